The highest BCUT2D eigenvalue weighted by molar-refractivity contribution is 5.93. The first-order chi connectivity index (χ1) is 29.0. The van der Waals surface area contributed by atoms with E-state index in [0.29, 0.717) is 43.7 Å². The minimum Gasteiger partial charge on any atom is -0.444 e. The number of ether oxygens (including phenoxy) is 2. The van der Waals surface area contributed by atoms with Crippen molar-refractivity contribution < 1.29 is 29.0 Å². The molecule has 6 aromatic rings. The number of hydrogen-bond donors (Lipinski definition) is 5. The van der Waals surface area contributed by atoms with Crippen molar-refractivity contribution in [3.63, 3.8) is 0 Å². The molecule has 2 amide bonds. The molecule has 0 radical (unpaired) electrons. The monoisotopic (exact) mass is 849 g/mol. The number of carbonyl (C=O) groups excluding carboxylic acids is 2. The van der Waals surface area contributed by atoms with Crippen LogP contribution in [0.2, 0.25) is 0 Å². The lowest BCUT2D eigenvalue weighted by atomic mass is 10.1. The van der Waals surface area contributed by atoms with Crippen LogP contribution >= 0.6 is 0 Å². The molecule has 6 aromatic heterocycles. The zero-order valence-corrected chi connectivity index (χ0v) is 36.2. The van der Waals surface area contributed by atoms with Crippen LogP contribution in [0, 0.1) is 13.8 Å². The number of aromatic nitrogens is 8. The lowest BCUT2D eigenvalue weighted by Gasteiger charge is -2.34. The molecule has 2 saturated heterocycles. The van der Waals surface area contributed by atoms with E-state index in [1.807, 2.05) is 92.2 Å². The molecule has 62 heavy (non-hydrogen) atoms. The Morgan fingerprint density at radius 3 is 1.79 bits per heavy atom. The molecule has 0 bridgehead atoms. The predicted molar refractivity (Wildman–Crippen MR) is 239 cm³/mol. The molecule has 17 nitrogen and oxygen atoms in total. The second-order valence-electron chi connectivity index (χ2n) is 17.7. The van der Waals surface area contributed by atoms with Crippen molar-refractivity contribution in [2.24, 2.45) is 0 Å². The number of likely N-dealkylation sites (tertiary alicyclic amines) is 2. The molecule has 2 aliphatic rings. The first kappa shape index (κ1) is 45.0. The SMILES string of the molecule is C.Cc1cnc(N[C@H]2CCCN(C(=O)OC(C)(C)C)C2)nc1-c1c[nH]c2c1ccc[n+]2O.Cc1cnc(N[C@H]2CCCN(C(=O)OC(C)(C)C)C2)nc1-c1c[nH]c2ncccc12. The first-order valence-corrected chi connectivity index (χ1v) is 20.8. The van der Waals surface area contributed by atoms with Gasteiger partial charge in [-0.2, -0.15) is 0 Å². The Hall–Kier alpha value is -6.52. The van der Waals surface area contributed by atoms with Crippen LogP contribution in [-0.4, -0.2) is 112 Å². The van der Waals surface area contributed by atoms with E-state index in [0.717, 1.165) is 80.5 Å². The van der Waals surface area contributed by atoms with Crippen molar-refractivity contribution in [1.82, 2.24) is 44.7 Å². The largest absolute Gasteiger partial charge is 0.444 e. The van der Waals surface area contributed by atoms with Crippen molar-refractivity contribution in [2.45, 2.75) is 112 Å². The Labute approximate surface area is 362 Å². The van der Waals surface area contributed by atoms with E-state index in [4.69, 9.17) is 19.4 Å². The smallest absolute Gasteiger partial charge is 0.410 e. The lowest BCUT2D eigenvalue weighted by molar-refractivity contribution is -0.885. The Balaban J connectivity index is 0.000000204. The van der Waals surface area contributed by atoms with Gasteiger partial charge < -0.3 is 40.1 Å². The van der Waals surface area contributed by atoms with Crippen LogP contribution in [-0.2, 0) is 9.47 Å². The average molecular weight is 850 g/mol. The fraction of sp³-hybridized carbons (Fsp3) is 0.467. The van der Waals surface area contributed by atoms with Crippen LogP contribution in [0.5, 0.6) is 0 Å². The van der Waals surface area contributed by atoms with Crippen LogP contribution in [0.25, 0.3) is 44.6 Å². The second-order valence-corrected chi connectivity index (χ2v) is 17.7. The van der Waals surface area contributed by atoms with Crippen LogP contribution in [0.3, 0.4) is 0 Å². The molecule has 2 atom stereocenters. The molecule has 17 heteroatoms. The zero-order valence-electron chi connectivity index (χ0n) is 36.2. The molecular weight excluding hydrogens is 789 g/mol. The van der Waals surface area contributed by atoms with E-state index >= 15 is 0 Å². The number of piperidine rings is 2. The minimum absolute atomic E-state index is 0. The Kier molecular flexibility index (Phi) is 13.5. The van der Waals surface area contributed by atoms with E-state index in [9.17, 15) is 14.8 Å². The van der Waals surface area contributed by atoms with E-state index in [-0.39, 0.29) is 31.7 Å². The summed E-state index contributed by atoms with van der Waals surface area (Å²) >= 11 is 0. The third-order valence-electron chi connectivity index (χ3n) is 10.3. The molecule has 2 fully saturated rings. The summed E-state index contributed by atoms with van der Waals surface area (Å²) in [4.78, 5) is 57.5. The highest BCUT2D eigenvalue weighted by Gasteiger charge is 2.30. The van der Waals surface area contributed by atoms with Gasteiger partial charge in [0.2, 0.25) is 11.9 Å². The van der Waals surface area contributed by atoms with E-state index in [1.165, 1.54) is 0 Å². The van der Waals surface area contributed by atoms with Gasteiger partial charge in [0.25, 0.3) is 0 Å². The van der Waals surface area contributed by atoms with Crippen molar-refractivity contribution in [2.75, 3.05) is 36.8 Å². The summed E-state index contributed by atoms with van der Waals surface area (Å²) in [6.07, 6.45) is 13.8. The van der Waals surface area contributed by atoms with Gasteiger partial charge in [0.15, 0.2) is 0 Å². The number of fused-ring (bicyclic) bond motifs is 2. The normalized spacial score (nSPS) is 16.8. The number of pyridine rings is 2. The summed E-state index contributed by atoms with van der Waals surface area (Å²) in [6, 6.07) is 7.78. The molecule has 8 rings (SSSR count). The summed E-state index contributed by atoms with van der Waals surface area (Å²) in [5, 5.41) is 18.7. The first-order valence-electron chi connectivity index (χ1n) is 20.8. The van der Waals surface area contributed by atoms with Gasteiger partial charge in [0, 0.05) is 74.0 Å². The summed E-state index contributed by atoms with van der Waals surface area (Å²) in [6.45, 7) is 17.7. The van der Waals surface area contributed by atoms with Gasteiger partial charge in [-0.3, -0.25) is 0 Å². The summed E-state index contributed by atoms with van der Waals surface area (Å²) in [5.74, 6) is 1.07. The molecule has 0 aliphatic carbocycles. The molecule has 0 spiro atoms. The highest BCUT2D eigenvalue weighted by Crippen LogP contribution is 2.31. The molecule has 5 N–H and O–H groups in total. The van der Waals surface area contributed by atoms with Crippen molar-refractivity contribution in [3.05, 3.63) is 72.6 Å². The quantitative estimate of drug-likeness (QED) is 0.0798. The average Bonchev–Trinajstić information content (AvgIpc) is 3.84. The van der Waals surface area contributed by atoms with Gasteiger partial charge in [-0.25, -0.2) is 39.5 Å². The molecule has 0 unspecified atom stereocenters. The number of anilines is 2. The minimum atomic E-state index is -0.515. The van der Waals surface area contributed by atoms with Crippen molar-refractivity contribution in [1.29, 1.82) is 0 Å². The Bertz CT molecular complexity index is 2510. The number of aromatic amines is 2. The third kappa shape index (κ3) is 10.9. The maximum atomic E-state index is 12.4. The second kappa shape index (κ2) is 18.6. The fourth-order valence-corrected chi connectivity index (χ4v) is 7.53. The number of nitrogens with zero attached hydrogens (tertiary/aromatic N) is 8. The van der Waals surface area contributed by atoms with Crippen LogP contribution < -0.4 is 15.4 Å². The van der Waals surface area contributed by atoms with Gasteiger partial charge in [-0.1, -0.05) is 12.2 Å². The standard InChI is InChI=1S/C22H28N6O3.C22H28N6O2.CH4/c1-14-11-24-20(25-15-7-5-9-27(13-15)21(29)31-22(2,3)4)26-18(14)17-12-23-19-16(17)8-6-10-28(19)30;1-14-11-25-20(27-18(14)17-12-24-19-16(17)8-5-9-23-19)26-15-7-6-10-28(13-15)21(29)30-22(2,3)4;/h6,8,10-12,15,30H,5,7,9,13H2,1-4H3,(H,24,25,26);5,8-9,11-12,15H,6-7,10,13H2,1-4H3,(H,23,24)(H,25,26,27);1H4/p+1/t2*15-;/m00./s1. The maximum absolute atomic E-state index is 12.4. The fourth-order valence-electron chi connectivity index (χ4n) is 7.53. The molecular formula is C45H61N12O5+. The van der Waals surface area contributed by atoms with Gasteiger partial charge in [0.05, 0.1) is 28.5 Å². The maximum Gasteiger partial charge on any atom is 0.410 e. The van der Waals surface area contributed by atoms with E-state index in [2.05, 4.69) is 35.6 Å². The van der Waals surface area contributed by atoms with E-state index in [1.54, 1.807) is 34.5 Å². The van der Waals surface area contributed by atoms with Gasteiger partial charge in [-0.05, 0) is 116 Å². The Morgan fingerprint density at radius 2 is 1.26 bits per heavy atom. The van der Waals surface area contributed by atoms with Crippen LogP contribution in [0.1, 0.15) is 85.8 Å². The molecule has 330 valence electrons. The summed E-state index contributed by atoms with van der Waals surface area (Å²) in [5.41, 5.74) is 5.88. The highest BCUT2D eigenvalue weighted by atomic mass is 16.6. The van der Waals surface area contributed by atoms with Gasteiger partial charge in [0.1, 0.15) is 23.0 Å². The predicted octanol–water partition coefficient (Wildman–Crippen LogP) is 8.05. The molecule has 0 saturated carbocycles. The molecule has 0 aromatic carbocycles. The zero-order chi connectivity index (χ0) is 43.5. The van der Waals surface area contributed by atoms with Crippen LogP contribution in [0.15, 0.2) is 61.4 Å². The summed E-state index contributed by atoms with van der Waals surface area (Å²) in [7, 11) is 0. The summed E-state index contributed by atoms with van der Waals surface area (Å²) < 4.78 is 12.1. The third-order valence-corrected chi connectivity index (χ3v) is 10.3. The number of amides is 2. The number of hydrogen-bond acceptors (Lipinski definition) is 12. The van der Waals surface area contributed by atoms with E-state index < -0.39 is 11.2 Å². The van der Waals surface area contributed by atoms with Crippen molar-refractivity contribution in [3.8, 4) is 22.5 Å². The number of nitrogens with one attached hydrogen (secondary N) is 4. The Morgan fingerprint density at radius 1 is 0.758 bits per heavy atom. The molecule has 2 aliphatic heterocycles. The van der Waals surface area contributed by atoms with Crippen molar-refractivity contribution >= 4 is 46.1 Å². The lowest BCUT2D eigenvalue weighted by Crippen LogP contribution is -2.47. The van der Waals surface area contributed by atoms with Crippen LogP contribution in [0.4, 0.5) is 21.5 Å². The number of rotatable bonds is 6. The number of H-pyrrole nitrogens is 2. The number of aryl methyl sites for hydroxylation is 2. The van der Waals surface area contributed by atoms with Gasteiger partial charge in [-0.15, -0.1) is 0 Å². The number of carbonyl (C=O) groups is 2. The topological polar surface area (TPSA) is 203 Å². The molecule has 8 heterocycles. The van der Waals surface area contributed by atoms with Gasteiger partial charge >= 0.3 is 17.8 Å².